The largest absolute Gasteiger partial charge is 0.495 e. The lowest BCUT2D eigenvalue weighted by atomic mass is 10.2. The zero-order valence-electron chi connectivity index (χ0n) is 11.7. The monoisotopic (exact) mass is 313 g/mol. The average Bonchev–Trinajstić information content (AvgIpc) is 2.93. The molecule has 22 heavy (non-hydrogen) atoms. The number of benzene rings is 2. The van der Waals surface area contributed by atoms with E-state index in [2.05, 4.69) is 0 Å². The molecule has 0 unspecified atom stereocenters. The maximum absolute atomic E-state index is 12.7. The van der Waals surface area contributed by atoms with Crippen molar-refractivity contribution in [2.75, 3.05) is 7.11 Å². The highest BCUT2D eigenvalue weighted by Crippen LogP contribution is 2.27. The molecule has 110 valence electrons. The van der Waals surface area contributed by atoms with Gasteiger partial charge in [0.05, 0.1) is 17.6 Å². The quantitative estimate of drug-likeness (QED) is 0.691. The summed E-state index contributed by atoms with van der Waals surface area (Å²) in [6.07, 6.45) is 2.28. The molecule has 5 heteroatoms. The smallest absolute Gasteiger partial charge is 0.262 e. The molecule has 3 aromatic rings. The Morgan fingerprint density at radius 2 is 2.00 bits per heavy atom. The first-order valence-electron chi connectivity index (χ1n) is 6.59. The molecule has 0 aliphatic rings. The number of carbonyl (C=O) groups excluding carboxylic acids is 2. The second-order valence-corrected chi connectivity index (χ2v) is 5.15. The molecule has 0 radical (unpaired) electrons. The van der Waals surface area contributed by atoms with Gasteiger partial charge in [-0.3, -0.25) is 14.2 Å². The molecule has 4 nitrogen and oxygen atoms in total. The standard InChI is InChI=1S/C17H12ClNO3/c1-22-16-7-6-11(8-14(16)18)17(21)19-9-12(10-20)13-4-2-3-5-15(13)19/h2-10H,1H3. The molecule has 0 fully saturated rings. The lowest BCUT2D eigenvalue weighted by Crippen LogP contribution is -2.10. The molecular formula is C17H12ClNO3. The van der Waals surface area contributed by atoms with Gasteiger partial charge >= 0.3 is 0 Å². The lowest BCUT2D eigenvalue weighted by molar-refractivity contribution is 0.0965. The Bertz CT molecular complexity index is 883. The molecule has 0 saturated carbocycles. The molecule has 2 aromatic carbocycles. The Morgan fingerprint density at radius 1 is 1.23 bits per heavy atom. The molecule has 0 bridgehead atoms. The van der Waals surface area contributed by atoms with Crippen LogP contribution >= 0.6 is 11.6 Å². The van der Waals surface area contributed by atoms with Gasteiger partial charge in [0.25, 0.3) is 5.91 Å². The zero-order chi connectivity index (χ0) is 15.7. The van der Waals surface area contributed by atoms with Gasteiger partial charge in [-0.1, -0.05) is 29.8 Å². The lowest BCUT2D eigenvalue weighted by Gasteiger charge is -2.07. The first-order chi connectivity index (χ1) is 10.7. The Morgan fingerprint density at radius 3 is 2.68 bits per heavy atom. The highest BCUT2D eigenvalue weighted by molar-refractivity contribution is 6.32. The molecule has 1 heterocycles. The molecule has 0 spiro atoms. The van der Waals surface area contributed by atoms with Gasteiger partial charge in [0, 0.05) is 22.7 Å². The van der Waals surface area contributed by atoms with Crippen LogP contribution in [0.15, 0.2) is 48.7 Å². The van der Waals surface area contributed by atoms with Crippen LogP contribution in [0.2, 0.25) is 5.02 Å². The maximum atomic E-state index is 12.7. The first kappa shape index (κ1) is 14.4. The van der Waals surface area contributed by atoms with Crippen molar-refractivity contribution in [2.45, 2.75) is 0 Å². The van der Waals surface area contributed by atoms with E-state index in [1.807, 2.05) is 18.2 Å². The topological polar surface area (TPSA) is 48.3 Å². The van der Waals surface area contributed by atoms with E-state index in [9.17, 15) is 9.59 Å². The second-order valence-electron chi connectivity index (χ2n) is 4.74. The fourth-order valence-electron chi connectivity index (χ4n) is 2.41. The summed E-state index contributed by atoms with van der Waals surface area (Å²) >= 11 is 6.07. The van der Waals surface area contributed by atoms with Crippen LogP contribution in [0.1, 0.15) is 20.7 Å². The predicted molar refractivity (Wildman–Crippen MR) is 85.1 cm³/mol. The minimum Gasteiger partial charge on any atom is -0.495 e. The molecule has 0 aliphatic carbocycles. The highest BCUT2D eigenvalue weighted by Gasteiger charge is 2.16. The Balaban J connectivity index is 2.13. The molecular weight excluding hydrogens is 302 g/mol. The first-order valence-corrected chi connectivity index (χ1v) is 6.97. The van der Waals surface area contributed by atoms with Crippen molar-refractivity contribution >= 4 is 34.7 Å². The molecule has 0 amide bonds. The summed E-state index contributed by atoms with van der Waals surface area (Å²) < 4.78 is 6.54. The molecule has 1 aromatic heterocycles. The van der Waals surface area contributed by atoms with Crippen molar-refractivity contribution in [1.82, 2.24) is 4.57 Å². The number of rotatable bonds is 3. The van der Waals surface area contributed by atoms with E-state index in [4.69, 9.17) is 16.3 Å². The Labute approximate surface area is 131 Å². The van der Waals surface area contributed by atoms with E-state index < -0.39 is 0 Å². The highest BCUT2D eigenvalue weighted by atomic mass is 35.5. The number of aldehydes is 1. The number of nitrogens with zero attached hydrogens (tertiary/aromatic N) is 1. The third kappa shape index (κ3) is 2.27. The second kappa shape index (κ2) is 5.66. The van der Waals surface area contributed by atoms with Crippen LogP contribution < -0.4 is 4.74 Å². The normalized spacial score (nSPS) is 10.6. The van der Waals surface area contributed by atoms with Crippen LogP contribution in [-0.4, -0.2) is 23.9 Å². The number of fused-ring (bicyclic) bond motifs is 1. The van der Waals surface area contributed by atoms with Crippen LogP contribution in [0.5, 0.6) is 5.75 Å². The SMILES string of the molecule is COc1ccc(C(=O)n2cc(C=O)c3ccccc32)cc1Cl. The summed E-state index contributed by atoms with van der Waals surface area (Å²) in [6, 6.07) is 12.1. The maximum Gasteiger partial charge on any atom is 0.262 e. The van der Waals surface area contributed by atoms with Crippen LogP contribution in [0.4, 0.5) is 0 Å². The summed E-state index contributed by atoms with van der Waals surface area (Å²) in [7, 11) is 1.51. The van der Waals surface area contributed by atoms with Crippen molar-refractivity contribution in [3.63, 3.8) is 0 Å². The van der Waals surface area contributed by atoms with Gasteiger partial charge in [-0.25, -0.2) is 0 Å². The minimum absolute atomic E-state index is 0.256. The number of halogens is 1. The van der Waals surface area contributed by atoms with Gasteiger partial charge in [-0.15, -0.1) is 0 Å². The summed E-state index contributed by atoms with van der Waals surface area (Å²) in [5.74, 6) is 0.248. The van der Waals surface area contributed by atoms with E-state index in [1.54, 1.807) is 24.3 Å². The fourth-order valence-corrected chi connectivity index (χ4v) is 2.66. The Kier molecular flexibility index (Phi) is 3.69. The summed E-state index contributed by atoms with van der Waals surface area (Å²) in [6.45, 7) is 0. The van der Waals surface area contributed by atoms with Gasteiger partial charge in [-0.05, 0) is 24.3 Å². The molecule has 0 N–H and O–H groups in total. The van der Waals surface area contributed by atoms with E-state index in [0.29, 0.717) is 27.4 Å². The third-order valence-electron chi connectivity index (χ3n) is 3.49. The summed E-state index contributed by atoms with van der Waals surface area (Å²) in [5.41, 5.74) is 1.58. The summed E-state index contributed by atoms with van der Waals surface area (Å²) in [4.78, 5) is 23.9. The third-order valence-corrected chi connectivity index (χ3v) is 3.78. The van der Waals surface area contributed by atoms with Gasteiger partial charge in [-0.2, -0.15) is 0 Å². The van der Waals surface area contributed by atoms with Crippen molar-refractivity contribution < 1.29 is 14.3 Å². The van der Waals surface area contributed by atoms with Crippen LogP contribution in [0.25, 0.3) is 10.9 Å². The zero-order valence-corrected chi connectivity index (χ0v) is 12.5. The van der Waals surface area contributed by atoms with Gasteiger partial charge in [0.2, 0.25) is 0 Å². The fraction of sp³-hybridized carbons (Fsp3) is 0.0588. The molecule has 3 rings (SSSR count). The van der Waals surface area contributed by atoms with Crippen molar-refractivity contribution in [3.8, 4) is 5.75 Å². The summed E-state index contributed by atoms with van der Waals surface area (Å²) in [5, 5.41) is 1.10. The number of methoxy groups -OCH3 is 1. The number of carbonyl (C=O) groups is 2. The number of hydrogen-bond donors (Lipinski definition) is 0. The average molecular weight is 314 g/mol. The number of ether oxygens (including phenoxy) is 1. The Hall–Kier alpha value is -2.59. The van der Waals surface area contributed by atoms with Gasteiger partial charge in [0.15, 0.2) is 6.29 Å². The minimum atomic E-state index is -0.256. The number of aromatic nitrogens is 1. The van der Waals surface area contributed by atoms with E-state index in [-0.39, 0.29) is 5.91 Å². The van der Waals surface area contributed by atoms with Crippen LogP contribution in [0, 0.1) is 0 Å². The van der Waals surface area contributed by atoms with Gasteiger partial charge in [0.1, 0.15) is 5.75 Å². The van der Waals surface area contributed by atoms with Crippen molar-refractivity contribution in [3.05, 3.63) is 64.8 Å². The van der Waals surface area contributed by atoms with E-state index in [0.717, 1.165) is 11.7 Å². The predicted octanol–water partition coefficient (Wildman–Crippen LogP) is 3.80. The van der Waals surface area contributed by atoms with E-state index in [1.165, 1.54) is 17.9 Å². The van der Waals surface area contributed by atoms with Crippen molar-refractivity contribution in [2.24, 2.45) is 0 Å². The number of hydrogen-bond acceptors (Lipinski definition) is 3. The van der Waals surface area contributed by atoms with Crippen molar-refractivity contribution in [1.29, 1.82) is 0 Å². The van der Waals surface area contributed by atoms with Gasteiger partial charge < -0.3 is 4.74 Å². The van der Waals surface area contributed by atoms with Crippen LogP contribution in [-0.2, 0) is 0 Å². The number of para-hydroxylation sites is 1. The molecule has 0 atom stereocenters. The molecule has 0 saturated heterocycles. The molecule has 0 aliphatic heterocycles. The van der Waals surface area contributed by atoms with E-state index >= 15 is 0 Å². The van der Waals surface area contributed by atoms with Crippen LogP contribution in [0.3, 0.4) is 0 Å².